The maximum absolute atomic E-state index is 13.3. The third-order valence-electron chi connectivity index (χ3n) is 3.64. The summed E-state index contributed by atoms with van der Waals surface area (Å²) in [6.07, 6.45) is 5.83. The summed E-state index contributed by atoms with van der Waals surface area (Å²) in [5.74, 6) is -1.27. The highest BCUT2D eigenvalue weighted by atomic mass is 32.2. The van der Waals surface area contributed by atoms with E-state index in [1.807, 2.05) is 6.20 Å². The number of nitrogens with zero attached hydrogens (tertiary/aromatic N) is 3. The van der Waals surface area contributed by atoms with Crippen molar-refractivity contribution >= 4 is 29.0 Å². The van der Waals surface area contributed by atoms with E-state index in [1.54, 1.807) is 13.1 Å². The molecule has 1 aliphatic rings. The molecule has 24 heavy (non-hydrogen) atoms. The zero-order valence-corrected chi connectivity index (χ0v) is 13.6. The van der Waals surface area contributed by atoms with Crippen molar-refractivity contribution in [3.63, 3.8) is 0 Å². The molecule has 0 unspecified atom stereocenters. The van der Waals surface area contributed by atoms with E-state index in [4.69, 9.17) is 0 Å². The van der Waals surface area contributed by atoms with E-state index in [1.165, 1.54) is 17.8 Å². The minimum Gasteiger partial charge on any atom is -0.325 e. The lowest BCUT2D eigenvalue weighted by molar-refractivity contribution is -0.387. The summed E-state index contributed by atoms with van der Waals surface area (Å²) >= 11 is 1.32. The van der Waals surface area contributed by atoms with E-state index < -0.39 is 21.7 Å². The predicted molar refractivity (Wildman–Crippen MR) is 87.5 cm³/mol. The molecule has 0 radical (unpaired) electrons. The number of nitrogens with one attached hydrogen (secondary N) is 1. The number of amides is 1. The molecule has 1 aromatic heterocycles. The summed E-state index contributed by atoms with van der Waals surface area (Å²) in [6.45, 7) is 1.73. The number of carbonyl (C=O) groups is 1. The van der Waals surface area contributed by atoms with E-state index in [0.29, 0.717) is 6.04 Å². The van der Waals surface area contributed by atoms with Gasteiger partial charge in [0.05, 0.1) is 10.2 Å². The topological polar surface area (TPSA) is 90.1 Å². The molecule has 1 aromatic carbocycles. The second kappa shape index (κ2) is 6.60. The van der Waals surface area contributed by atoms with Crippen molar-refractivity contribution < 1.29 is 14.1 Å². The van der Waals surface area contributed by atoms with Crippen molar-refractivity contribution in [1.82, 2.24) is 9.55 Å². The Balaban J connectivity index is 1.67. The zero-order chi connectivity index (χ0) is 17.3. The second-order valence-corrected chi connectivity index (χ2v) is 6.83. The SMILES string of the molecule is C[C@H](Sc1nccn1C1CC1)C(=O)Nc1ccc(F)c([N+](=O)[O-])c1. The van der Waals surface area contributed by atoms with Gasteiger partial charge in [-0.3, -0.25) is 14.9 Å². The van der Waals surface area contributed by atoms with Crippen LogP contribution in [0.25, 0.3) is 0 Å². The Bertz CT molecular complexity index is 791. The third kappa shape index (κ3) is 3.56. The van der Waals surface area contributed by atoms with Gasteiger partial charge >= 0.3 is 5.69 Å². The van der Waals surface area contributed by atoms with Gasteiger partial charge in [-0.1, -0.05) is 11.8 Å². The number of halogens is 1. The lowest BCUT2D eigenvalue weighted by Gasteiger charge is -2.12. The largest absolute Gasteiger partial charge is 0.325 e. The average molecular weight is 350 g/mol. The van der Waals surface area contributed by atoms with Crippen molar-refractivity contribution in [2.45, 2.75) is 36.2 Å². The molecule has 2 aromatic rings. The molecule has 0 bridgehead atoms. The number of imidazole rings is 1. The number of benzene rings is 1. The molecule has 1 amide bonds. The van der Waals surface area contributed by atoms with E-state index in [0.717, 1.165) is 30.1 Å². The number of carbonyl (C=O) groups excluding carboxylic acids is 1. The highest BCUT2D eigenvalue weighted by Crippen LogP contribution is 2.38. The Morgan fingerprint density at radius 1 is 1.54 bits per heavy atom. The first-order valence-corrected chi connectivity index (χ1v) is 8.28. The van der Waals surface area contributed by atoms with Gasteiger partial charge in [-0.2, -0.15) is 4.39 Å². The number of nitro benzene ring substituents is 1. The molecular weight excluding hydrogens is 335 g/mol. The van der Waals surface area contributed by atoms with Gasteiger partial charge in [-0.25, -0.2) is 4.98 Å². The molecule has 0 spiro atoms. The fourth-order valence-electron chi connectivity index (χ4n) is 2.21. The monoisotopic (exact) mass is 350 g/mol. The van der Waals surface area contributed by atoms with Crippen LogP contribution in [0.2, 0.25) is 0 Å². The Hall–Kier alpha value is -2.42. The molecule has 1 N–H and O–H groups in total. The van der Waals surface area contributed by atoms with Gasteiger partial charge in [0.25, 0.3) is 0 Å². The predicted octanol–water partition coefficient (Wildman–Crippen LogP) is 3.38. The summed E-state index contributed by atoms with van der Waals surface area (Å²) in [4.78, 5) is 26.5. The first kappa shape index (κ1) is 16.4. The van der Waals surface area contributed by atoms with Crippen LogP contribution in [0.4, 0.5) is 15.8 Å². The van der Waals surface area contributed by atoms with Crippen LogP contribution in [0.15, 0.2) is 35.7 Å². The second-order valence-electron chi connectivity index (χ2n) is 5.52. The minimum atomic E-state index is -0.938. The van der Waals surface area contributed by atoms with E-state index in [9.17, 15) is 19.3 Å². The van der Waals surface area contributed by atoms with E-state index in [2.05, 4.69) is 14.9 Å². The number of anilines is 1. The van der Waals surface area contributed by atoms with E-state index >= 15 is 0 Å². The van der Waals surface area contributed by atoms with Crippen molar-refractivity contribution in [2.24, 2.45) is 0 Å². The molecule has 7 nitrogen and oxygen atoms in total. The Morgan fingerprint density at radius 3 is 2.96 bits per heavy atom. The summed E-state index contributed by atoms with van der Waals surface area (Å²) < 4.78 is 15.4. The van der Waals surface area contributed by atoms with Crippen LogP contribution in [0.3, 0.4) is 0 Å². The zero-order valence-electron chi connectivity index (χ0n) is 12.8. The van der Waals surface area contributed by atoms with Crippen molar-refractivity contribution in [2.75, 3.05) is 5.32 Å². The maximum Gasteiger partial charge on any atom is 0.306 e. The molecule has 126 valence electrons. The Kier molecular flexibility index (Phi) is 4.52. The summed E-state index contributed by atoms with van der Waals surface area (Å²) in [5.41, 5.74) is -0.483. The van der Waals surface area contributed by atoms with Crippen LogP contribution in [0, 0.1) is 15.9 Å². The molecule has 1 saturated carbocycles. The molecule has 1 fully saturated rings. The van der Waals surface area contributed by atoms with Crippen LogP contribution in [0.1, 0.15) is 25.8 Å². The van der Waals surface area contributed by atoms with Crippen LogP contribution in [-0.4, -0.2) is 25.6 Å². The highest BCUT2D eigenvalue weighted by Gasteiger charge is 2.27. The molecule has 1 heterocycles. The Labute approximate surface area is 141 Å². The first-order chi connectivity index (χ1) is 11.5. The molecular formula is C15H15FN4O3S. The summed E-state index contributed by atoms with van der Waals surface area (Å²) in [6, 6.07) is 3.73. The highest BCUT2D eigenvalue weighted by molar-refractivity contribution is 8.00. The van der Waals surface area contributed by atoms with Crippen molar-refractivity contribution in [3.05, 3.63) is 46.5 Å². The van der Waals surface area contributed by atoms with Crippen molar-refractivity contribution in [1.29, 1.82) is 0 Å². The molecule has 0 aliphatic heterocycles. The van der Waals surface area contributed by atoms with Crippen LogP contribution in [0.5, 0.6) is 0 Å². The van der Waals surface area contributed by atoms with Gasteiger partial charge in [0.2, 0.25) is 11.7 Å². The van der Waals surface area contributed by atoms with Crippen molar-refractivity contribution in [3.8, 4) is 0 Å². The van der Waals surface area contributed by atoms with Crippen LogP contribution < -0.4 is 5.32 Å². The van der Waals surface area contributed by atoms with Crippen LogP contribution >= 0.6 is 11.8 Å². The van der Waals surface area contributed by atoms with Gasteiger partial charge in [0.1, 0.15) is 0 Å². The number of nitro groups is 1. The lowest BCUT2D eigenvalue weighted by Crippen LogP contribution is -2.23. The molecule has 1 aliphatic carbocycles. The number of thioether (sulfide) groups is 1. The van der Waals surface area contributed by atoms with Crippen LogP contribution in [-0.2, 0) is 4.79 Å². The van der Waals surface area contributed by atoms with Gasteiger partial charge in [0, 0.05) is 30.2 Å². The lowest BCUT2D eigenvalue weighted by atomic mass is 10.2. The fraction of sp³-hybridized carbons (Fsp3) is 0.333. The smallest absolute Gasteiger partial charge is 0.306 e. The number of rotatable bonds is 6. The molecule has 1 atom stereocenters. The summed E-state index contributed by atoms with van der Waals surface area (Å²) in [5, 5.41) is 13.6. The summed E-state index contributed by atoms with van der Waals surface area (Å²) in [7, 11) is 0. The molecule has 9 heteroatoms. The number of hydrogen-bond donors (Lipinski definition) is 1. The van der Waals surface area contributed by atoms with Gasteiger partial charge < -0.3 is 9.88 Å². The molecule has 3 rings (SSSR count). The third-order valence-corrected chi connectivity index (χ3v) is 4.73. The van der Waals surface area contributed by atoms with Gasteiger partial charge in [-0.15, -0.1) is 0 Å². The minimum absolute atomic E-state index is 0.186. The van der Waals surface area contributed by atoms with Gasteiger partial charge in [0.15, 0.2) is 5.16 Å². The maximum atomic E-state index is 13.3. The quantitative estimate of drug-likeness (QED) is 0.490. The first-order valence-electron chi connectivity index (χ1n) is 7.40. The average Bonchev–Trinajstić information content (AvgIpc) is 3.28. The Morgan fingerprint density at radius 2 is 2.29 bits per heavy atom. The van der Waals surface area contributed by atoms with Gasteiger partial charge in [-0.05, 0) is 31.9 Å². The number of aromatic nitrogens is 2. The fourth-order valence-corrected chi connectivity index (χ4v) is 3.14. The number of hydrogen-bond acceptors (Lipinski definition) is 5. The normalized spacial score (nSPS) is 15.1. The standard InChI is InChI=1S/C15H15FN4O3S/c1-9(24-15-17-6-7-19(15)11-3-4-11)14(21)18-10-2-5-12(16)13(8-10)20(22)23/h2,5-9,11H,3-4H2,1H3,(H,18,21)/t9-/m0/s1. The molecule has 0 saturated heterocycles. The van der Waals surface area contributed by atoms with E-state index in [-0.39, 0.29) is 11.6 Å².